The Bertz CT molecular complexity index is 428. The molecule has 2 rings (SSSR count). The monoisotopic (exact) mass is 267 g/mol. The van der Waals surface area contributed by atoms with Crippen molar-refractivity contribution in [3.05, 3.63) is 10.6 Å². The Kier molecular flexibility index (Phi) is 4.00. The molecule has 1 aromatic heterocycles. The summed E-state index contributed by atoms with van der Waals surface area (Å²) in [7, 11) is 0. The Balaban J connectivity index is 1.98. The smallest absolute Gasteiger partial charge is 0.265 e. The fourth-order valence-corrected chi connectivity index (χ4v) is 3.20. The second kappa shape index (κ2) is 5.34. The van der Waals surface area contributed by atoms with E-state index in [-0.39, 0.29) is 5.91 Å². The maximum atomic E-state index is 12.2. The number of nitrogens with zero attached hydrogens (tertiary/aromatic N) is 2. The zero-order chi connectivity index (χ0) is 13.2. The van der Waals surface area contributed by atoms with Gasteiger partial charge in [-0.3, -0.25) is 4.79 Å². The Labute approximate surface area is 112 Å². The lowest BCUT2D eigenvalue weighted by Gasteiger charge is -2.17. The van der Waals surface area contributed by atoms with Crippen molar-refractivity contribution in [2.45, 2.75) is 58.9 Å². The van der Waals surface area contributed by atoms with Crippen molar-refractivity contribution in [1.82, 2.24) is 14.9 Å². The van der Waals surface area contributed by atoms with Gasteiger partial charge in [0.2, 0.25) is 0 Å². The van der Waals surface area contributed by atoms with Crippen molar-refractivity contribution >= 4 is 17.4 Å². The molecule has 1 amide bonds. The number of hydrogen-bond donors (Lipinski definition) is 1. The third kappa shape index (κ3) is 3.07. The number of carbonyl (C=O) groups excluding carboxylic acids is 1. The van der Waals surface area contributed by atoms with Gasteiger partial charge in [-0.1, -0.05) is 31.7 Å². The molecule has 1 N–H and O–H groups in total. The highest BCUT2D eigenvalue weighted by Crippen LogP contribution is 2.37. The van der Waals surface area contributed by atoms with Gasteiger partial charge in [0.25, 0.3) is 5.91 Å². The summed E-state index contributed by atoms with van der Waals surface area (Å²) in [6, 6.07) is 0.309. The predicted octanol–water partition coefficient (Wildman–Crippen LogP) is 2.80. The molecular formula is C13H21N3OS. The molecule has 1 fully saturated rings. The van der Waals surface area contributed by atoms with E-state index in [4.69, 9.17) is 0 Å². The summed E-state index contributed by atoms with van der Waals surface area (Å²) >= 11 is 1.21. The average molecular weight is 267 g/mol. The van der Waals surface area contributed by atoms with Gasteiger partial charge in [-0.2, -0.15) is 0 Å². The van der Waals surface area contributed by atoms with Gasteiger partial charge in [-0.15, -0.1) is 5.10 Å². The molecule has 1 heterocycles. The molecule has 1 aliphatic rings. The highest BCUT2D eigenvalue weighted by Gasteiger charge is 2.32. The molecule has 18 heavy (non-hydrogen) atoms. The van der Waals surface area contributed by atoms with Gasteiger partial charge < -0.3 is 5.32 Å². The molecule has 0 aromatic carbocycles. The van der Waals surface area contributed by atoms with E-state index in [2.05, 4.69) is 35.7 Å². The maximum absolute atomic E-state index is 12.2. The fraction of sp³-hybridized carbons (Fsp3) is 0.769. The molecule has 1 saturated carbocycles. The first-order chi connectivity index (χ1) is 8.52. The third-order valence-electron chi connectivity index (χ3n) is 3.55. The van der Waals surface area contributed by atoms with Gasteiger partial charge in [-0.25, -0.2) is 0 Å². The summed E-state index contributed by atoms with van der Waals surface area (Å²) in [4.78, 5) is 12.9. The number of aryl methyl sites for hydroxylation is 1. The van der Waals surface area contributed by atoms with Crippen molar-refractivity contribution in [2.75, 3.05) is 0 Å². The van der Waals surface area contributed by atoms with Crippen LogP contribution in [0.4, 0.5) is 0 Å². The van der Waals surface area contributed by atoms with E-state index in [9.17, 15) is 4.79 Å². The van der Waals surface area contributed by atoms with Crippen LogP contribution < -0.4 is 5.32 Å². The molecule has 0 spiro atoms. The van der Waals surface area contributed by atoms with Crippen LogP contribution in [-0.2, 0) is 6.42 Å². The number of carbonyl (C=O) groups is 1. The lowest BCUT2D eigenvalue weighted by Crippen LogP contribution is -2.33. The quantitative estimate of drug-likeness (QED) is 0.912. The van der Waals surface area contributed by atoms with Crippen LogP contribution in [0.15, 0.2) is 0 Å². The first-order valence-electron chi connectivity index (χ1n) is 6.64. The molecule has 100 valence electrons. The van der Waals surface area contributed by atoms with Gasteiger partial charge in [0.15, 0.2) is 0 Å². The van der Waals surface area contributed by atoms with E-state index in [1.54, 1.807) is 0 Å². The number of amides is 1. The second-order valence-corrected chi connectivity index (χ2v) is 6.63. The van der Waals surface area contributed by atoms with Crippen molar-refractivity contribution in [3.63, 3.8) is 0 Å². The minimum atomic E-state index is 0.0103. The Morgan fingerprint density at radius 2 is 2.33 bits per heavy atom. The van der Waals surface area contributed by atoms with Crippen LogP contribution in [0.25, 0.3) is 0 Å². The normalized spacial score (nSPS) is 22.1. The second-order valence-electron chi connectivity index (χ2n) is 5.88. The van der Waals surface area contributed by atoms with E-state index < -0.39 is 0 Å². The van der Waals surface area contributed by atoms with E-state index in [1.165, 1.54) is 18.0 Å². The summed E-state index contributed by atoms with van der Waals surface area (Å²) in [5.74, 6) is 0.0103. The van der Waals surface area contributed by atoms with E-state index in [0.29, 0.717) is 16.3 Å². The molecular weight excluding hydrogens is 246 g/mol. The topological polar surface area (TPSA) is 54.9 Å². The molecule has 1 unspecified atom stereocenters. The molecule has 1 aliphatic carbocycles. The number of rotatable bonds is 4. The minimum Gasteiger partial charge on any atom is -0.348 e. The first kappa shape index (κ1) is 13.5. The summed E-state index contributed by atoms with van der Waals surface area (Å²) in [6.45, 7) is 6.60. The van der Waals surface area contributed by atoms with Gasteiger partial charge >= 0.3 is 0 Å². The van der Waals surface area contributed by atoms with Crippen LogP contribution in [0, 0.1) is 5.41 Å². The van der Waals surface area contributed by atoms with Crippen molar-refractivity contribution in [1.29, 1.82) is 0 Å². The molecule has 5 heteroatoms. The summed E-state index contributed by atoms with van der Waals surface area (Å²) < 4.78 is 3.90. The fourth-order valence-electron chi connectivity index (χ4n) is 2.59. The zero-order valence-corrected chi connectivity index (χ0v) is 12.1. The van der Waals surface area contributed by atoms with E-state index >= 15 is 0 Å². The van der Waals surface area contributed by atoms with Crippen LogP contribution in [0.1, 0.15) is 61.8 Å². The highest BCUT2D eigenvalue weighted by atomic mass is 32.1. The molecule has 0 saturated heterocycles. The summed E-state index contributed by atoms with van der Waals surface area (Å²) in [5, 5.41) is 7.17. The standard InChI is InChI=1S/C13H21N3OS/c1-4-5-10-11(18-16-15-10)12(17)14-9-6-7-13(2,3)8-9/h9H,4-8H2,1-3H3,(H,14,17). The summed E-state index contributed by atoms with van der Waals surface area (Å²) in [6.07, 6.45) is 5.14. The lowest BCUT2D eigenvalue weighted by atomic mass is 9.92. The zero-order valence-electron chi connectivity index (χ0n) is 11.3. The molecule has 0 bridgehead atoms. The van der Waals surface area contributed by atoms with Crippen molar-refractivity contribution in [3.8, 4) is 0 Å². The predicted molar refractivity (Wildman–Crippen MR) is 72.8 cm³/mol. The highest BCUT2D eigenvalue weighted by molar-refractivity contribution is 7.08. The molecule has 0 radical (unpaired) electrons. The number of nitrogens with one attached hydrogen (secondary N) is 1. The number of hydrogen-bond acceptors (Lipinski definition) is 4. The average Bonchev–Trinajstić information content (AvgIpc) is 2.86. The maximum Gasteiger partial charge on any atom is 0.265 e. The molecule has 0 aliphatic heterocycles. The minimum absolute atomic E-state index is 0.0103. The largest absolute Gasteiger partial charge is 0.348 e. The van der Waals surface area contributed by atoms with Crippen LogP contribution in [0.3, 0.4) is 0 Å². The van der Waals surface area contributed by atoms with Crippen molar-refractivity contribution in [2.24, 2.45) is 5.41 Å². The molecule has 1 aromatic rings. The SMILES string of the molecule is CCCc1nnsc1C(=O)NC1CCC(C)(C)C1. The molecule has 4 nitrogen and oxygen atoms in total. The first-order valence-corrected chi connectivity index (χ1v) is 7.41. The molecule has 1 atom stereocenters. The van der Waals surface area contributed by atoms with Crippen LogP contribution >= 0.6 is 11.5 Å². The third-order valence-corrected chi connectivity index (χ3v) is 4.32. The number of aromatic nitrogens is 2. The van der Waals surface area contributed by atoms with E-state index in [1.807, 2.05) is 0 Å². The van der Waals surface area contributed by atoms with Gasteiger partial charge in [0, 0.05) is 6.04 Å². The lowest BCUT2D eigenvalue weighted by molar-refractivity contribution is 0.0939. The van der Waals surface area contributed by atoms with Gasteiger partial charge in [0.05, 0.1) is 5.69 Å². The van der Waals surface area contributed by atoms with Gasteiger partial charge in [0.1, 0.15) is 4.88 Å². The Morgan fingerprint density at radius 1 is 1.56 bits per heavy atom. The van der Waals surface area contributed by atoms with Gasteiger partial charge in [-0.05, 0) is 42.6 Å². The Hall–Kier alpha value is -0.970. The van der Waals surface area contributed by atoms with Crippen LogP contribution in [0.5, 0.6) is 0 Å². The Morgan fingerprint density at radius 3 is 2.94 bits per heavy atom. The van der Waals surface area contributed by atoms with Crippen LogP contribution in [-0.4, -0.2) is 21.5 Å². The summed E-state index contributed by atoms with van der Waals surface area (Å²) in [5.41, 5.74) is 1.20. The van der Waals surface area contributed by atoms with E-state index in [0.717, 1.165) is 31.4 Å². The van der Waals surface area contributed by atoms with Crippen LogP contribution in [0.2, 0.25) is 0 Å². The van der Waals surface area contributed by atoms with Crippen molar-refractivity contribution < 1.29 is 4.79 Å².